The van der Waals surface area contributed by atoms with Crippen molar-refractivity contribution in [2.45, 2.75) is 25.6 Å². The maximum absolute atomic E-state index is 12.1. The lowest BCUT2D eigenvalue weighted by molar-refractivity contribution is 0.0953. The number of nitrogens with one attached hydrogen (secondary N) is 1. The summed E-state index contributed by atoms with van der Waals surface area (Å²) >= 11 is 6.16. The number of alkyl halides is 1. The van der Waals surface area contributed by atoms with E-state index in [1.807, 2.05) is 24.3 Å². The van der Waals surface area contributed by atoms with Gasteiger partial charge < -0.3 is 9.73 Å². The highest BCUT2D eigenvalue weighted by molar-refractivity contribution is 6.21. The molecule has 0 aliphatic rings. The van der Waals surface area contributed by atoms with Crippen molar-refractivity contribution in [1.82, 2.24) is 5.32 Å². The quantitative estimate of drug-likeness (QED) is 0.846. The van der Waals surface area contributed by atoms with E-state index < -0.39 is 0 Å². The first kappa shape index (κ1) is 13.9. The van der Waals surface area contributed by atoms with Crippen LogP contribution < -0.4 is 5.32 Å². The van der Waals surface area contributed by atoms with Crippen LogP contribution in [-0.4, -0.2) is 17.8 Å². The Labute approximate surface area is 117 Å². The van der Waals surface area contributed by atoms with Crippen molar-refractivity contribution in [2.75, 3.05) is 6.54 Å². The van der Waals surface area contributed by atoms with Gasteiger partial charge in [0, 0.05) is 11.9 Å². The van der Waals surface area contributed by atoms with Gasteiger partial charge in [-0.05, 0) is 18.4 Å². The molecule has 0 aliphatic heterocycles. The number of para-hydroxylation sites is 1. The highest BCUT2D eigenvalue weighted by Gasteiger charge is 2.15. The van der Waals surface area contributed by atoms with Gasteiger partial charge >= 0.3 is 0 Å². The maximum atomic E-state index is 12.1. The number of carbonyl (C=O) groups is 1. The summed E-state index contributed by atoms with van der Waals surface area (Å²) in [7, 11) is 0. The van der Waals surface area contributed by atoms with Crippen molar-refractivity contribution in [3.05, 3.63) is 36.1 Å². The van der Waals surface area contributed by atoms with E-state index in [4.69, 9.17) is 16.0 Å². The molecular formula is C15H18ClNO2. The molecule has 0 saturated carbocycles. The van der Waals surface area contributed by atoms with E-state index in [9.17, 15) is 4.79 Å². The fourth-order valence-electron chi connectivity index (χ4n) is 2.05. The highest BCUT2D eigenvalue weighted by atomic mass is 35.5. The molecule has 0 bridgehead atoms. The molecule has 0 spiro atoms. The van der Waals surface area contributed by atoms with Crippen LogP contribution in [0.5, 0.6) is 0 Å². The fraction of sp³-hybridized carbons (Fsp3) is 0.400. The van der Waals surface area contributed by atoms with Gasteiger partial charge in [-0.1, -0.05) is 32.0 Å². The van der Waals surface area contributed by atoms with E-state index in [1.165, 1.54) is 6.26 Å². The zero-order chi connectivity index (χ0) is 13.8. The minimum atomic E-state index is -0.139. The summed E-state index contributed by atoms with van der Waals surface area (Å²) in [4.78, 5) is 12.1. The summed E-state index contributed by atoms with van der Waals surface area (Å²) in [6.07, 6.45) is 2.37. The van der Waals surface area contributed by atoms with Gasteiger partial charge in [0.1, 0.15) is 11.8 Å². The Balaban J connectivity index is 2.00. The van der Waals surface area contributed by atoms with Gasteiger partial charge in [0.2, 0.25) is 0 Å². The molecule has 3 nitrogen and oxygen atoms in total. The molecule has 1 heterocycles. The normalized spacial score (nSPS) is 12.8. The number of benzene rings is 1. The molecule has 102 valence electrons. The Hall–Kier alpha value is -1.48. The van der Waals surface area contributed by atoms with E-state index in [2.05, 4.69) is 19.2 Å². The third-order valence-corrected chi connectivity index (χ3v) is 3.27. The van der Waals surface area contributed by atoms with Crippen molar-refractivity contribution < 1.29 is 9.21 Å². The first-order valence-corrected chi connectivity index (χ1v) is 6.90. The third kappa shape index (κ3) is 3.51. The first-order valence-electron chi connectivity index (χ1n) is 6.46. The van der Waals surface area contributed by atoms with Crippen molar-refractivity contribution >= 4 is 28.5 Å². The van der Waals surface area contributed by atoms with Crippen LogP contribution in [-0.2, 0) is 0 Å². The second kappa shape index (κ2) is 6.11. The molecule has 0 saturated heterocycles. The number of hydrogen-bond acceptors (Lipinski definition) is 2. The van der Waals surface area contributed by atoms with Gasteiger partial charge in [-0.25, -0.2) is 0 Å². The topological polar surface area (TPSA) is 42.2 Å². The smallest absolute Gasteiger partial charge is 0.255 e. The Kier molecular flexibility index (Phi) is 4.48. The Morgan fingerprint density at radius 2 is 2.11 bits per heavy atom. The van der Waals surface area contributed by atoms with Gasteiger partial charge in [0.15, 0.2) is 0 Å². The summed E-state index contributed by atoms with van der Waals surface area (Å²) < 4.78 is 5.35. The van der Waals surface area contributed by atoms with Crippen molar-refractivity contribution in [3.8, 4) is 0 Å². The summed E-state index contributed by atoms with van der Waals surface area (Å²) in [6, 6.07) is 7.48. The molecule has 1 amide bonds. The number of amides is 1. The van der Waals surface area contributed by atoms with E-state index in [0.29, 0.717) is 18.0 Å². The number of halogens is 1. The third-order valence-electron chi connectivity index (χ3n) is 2.94. The summed E-state index contributed by atoms with van der Waals surface area (Å²) in [6.45, 7) is 4.69. The zero-order valence-electron chi connectivity index (χ0n) is 11.2. The molecule has 4 heteroatoms. The molecule has 1 unspecified atom stereocenters. The fourth-order valence-corrected chi connectivity index (χ4v) is 2.48. The Morgan fingerprint density at radius 3 is 2.84 bits per heavy atom. The van der Waals surface area contributed by atoms with E-state index >= 15 is 0 Å². The number of furan rings is 1. The molecule has 1 aromatic carbocycles. The minimum absolute atomic E-state index is 0.0397. The van der Waals surface area contributed by atoms with Crippen LogP contribution >= 0.6 is 11.6 Å². The van der Waals surface area contributed by atoms with Crippen molar-refractivity contribution in [2.24, 2.45) is 5.92 Å². The molecule has 1 N–H and O–H groups in total. The number of rotatable bonds is 5. The molecule has 0 fully saturated rings. The molecule has 19 heavy (non-hydrogen) atoms. The monoisotopic (exact) mass is 279 g/mol. The first-order chi connectivity index (χ1) is 9.08. The van der Waals surface area contributed by atoms with Gasteiger partial charge in [-0.3, -0.25) is 4.79 Å². The van der Waals surface area contributed by atoms with Gasteiger partial charge in [-0.2, -0.15) is 0 Å². The average Bonchev–Trinajstić information content (AvgIpc) is 2.79. The number of fused-ring (bicyclic) bond motifs is 1. The molecular weight excluding hydrogens is 262 g/mol. The highest BCUT2D eigenvalue weighted by Crippen LogP contribution is 2.20. The van der Waals surface area contributed by atoms with Crippen LogP contribution in [0.2, 0.25) is 0 Å². The van der Waals surface area contributed by atoms with E-state index in [1.54, 1.807) is 0 Å². The molecule has 1 atom stereocenters. The summed E-state index contributed by atoms with van der Waals surface area (Å²) in [5.41, 5.74) is 1.28. The number of hydrogen-bond donors (Lipinski definition) is 1. The number of carbonyl (C=O) groups excluding carboxylic acids is 1. The lowest BCUT2D eigenvalue weighted by Gasteiger charge is -2.12. The van der Waals surface area contributed by atoms with Crippen LogP contribution in [0.3, 0.4) is 0 Å². The lowest BCUT2D eigenvalue weighted by atomic mass is 10.1. The zero-order valence-corrected chi connectivity index (χ0v) is 11.9. The van der Waals surface area contributed by atoms with E-state index in [0.717, 1.165) is 17.4 Å². The summed E-state index contributed by atoms with van der Waals surface area (Å²) in [5.74, 6) is 0.383. The minimum Gasteiger partial charge on any atom is -0.463 e. The second-order valence-corrected chi connectivity index (χ2v) is 5.70. The Bertz CT molecular complexity index is 562. The largest absolute Gasteiger partial charge is 0.463 e. The maximum Gasteiger partial charge on any atom is 0.255 e. The average molecular weight is 280 g/mol. The predicted octanol–water partition coefficient (Wildman–Crippen LogP) is 3.82. The molecule has 2 rings (SSSR count). The predicted molar refractivity (Wildman–Crippen MR) is 77.6 cm³/mol. The molecule has 1 aromatic heterocycles. The van der Waals surface area contributed by atoms with Gasteiger partial charge in [0.05, 0.1) is 10.9 Å². The lowest BCUT2D eigenvalue weighted by Crippen LogP contribution is -2.30. The standard InChI is InChI=1S/C15H18ClNO2/c1-10(2)7-11(16)8-17-15(18)13-9-19-14-6-4-3-5-12(13)14/h3-6,9-11H,7-8H2,1-2H3,(H,17,18). The van der Waals surface area contributed by atoms with E-state index in [-0.39, 0.29) is 11.3 Å². The van der Waals surface area contributed by atoms with Crippen LogP contribution in [0.15, 0.2) is 34.9 Å². The van der Waals surface area contributed by atoms with Crippen LogP contribution in [0.4, 0.5) is 0 Å². The van der Waals surface area contributed by atoms with Crippen LogP contribution in [0.1, 0.15) is 30.6 Å². The van der Waals surface area contributed by atoms with Crippen molar-refractivity contribution in [1.29, 1.82) is 0 Å². The Morgan fingerprint density at radius 1 is 1.37 bits per heavy atom. The second-order valence-electron chi connectivity index (χ2n) is 5.08. The van der Waals surface area contributed by atoms with Gasteiger partial charge in [0.25, 0.3) is 5.91 Å². The molecule has 2 aromatic rings. The molecule has 0 radical (unpaired) electrons. The SMILES string of the molecule is CC(C)CC(Cl)CNC(=O)c1coc2ccccc12. The van der Waals surface area contributed by atoms with Crippen molar-refractivity contribution in [3.63, 3.8) is 0 Å². The van der Waals surface area contributed by atoms with Crippen LogP contribution in [0.25, 0.3) is 11.0 Å². The van der Waals surface area contributed by atoms with Gasteiger partial charge in [-0.15, -0.1) is 11.6 Å². The molecule has 0 aliphatic carbocycles. The van der Waals surface area contributed by atoms with Crippen LogP contribution in [0, 0.1) is 5.92 Å². The summed E-state index contributed by atoms with van der Waals surface area (Å²) in [5, 5.41) is 3.64.